The SMILES string of the molecule is O=C(O)c1cn(C2CN(C(=O)c3ccc(I)cc3)C2)nn1. The summed E-state index contributed by atoms with van der Waals surface area (Å²) < 4.78 is 2.58. The molecule has 21 heavy (non-hydrogen) atoms. The van der Waals surface area contributed by atoms with Crippen molar-refractivity contribution in [2.24, 2.45) is 0 Å². The predicted molar refractivity (Wildman–Crippen MR) is 81.1 cm³/mol. The summed E-state index contributed by atoms with van der Waals surface area (Å²) in [7, 11) is 0. The summed E-state index contributed by atoms with van der Waals surface area (Å²) in [5, 5.41) is 16.2. The summed E-state index contributed by atoms with van der Waals surface area (Å²) in [6.45, 7) is 1.01. The van der Waals surface area contributed by atoms with Crippen molar-refractivity contribution in [3.63, 3.8) is 0 Å². The maximum Gasteiger partial charge on any atom is 0.358 e. The fraction of sp³-hybridized carbons (Fsp3) is 0.231. The second kappa shape index (κ2) is 5.43. The highest BCUT2D eigenvalue weighted by Gasteiger charge is 2.33. The Morgan fingerprint density at radius 3 is 2.48 bits per heavy atom. The van der Waals surface area contributed by atoms with Gasteiger partial charge in [0.15, 0.2) is 5.69 Å². The Hall–Kier alpha value is -1.97. The van der Waals surface area contributed by atoms with Crippen LogP contribution < -0.4 is 0 Å². The molecule has 1 amide bonds. The van der Waals surface area contributed by atoms with Gasteiger partial charge >= 0.3 is 5.97 Å². The molecule has 1 aromatic heterocycles. The van der Waals surface area contributed by atoms with Gasteiger partial charge in [0.25, 0.3) is 5.91 Å². The van der Waals surface area contributed by atoms with E-state index in [1.807, 2.05) is 12.1 Å². The van der Waals surface area contributed by atoms with E-state index in [1.54, 1.807) is 17.0 Å². The van der Waals surface area contributed by atoms with Crippen molar-refractivity contribution in [1.82, 2.24) is 19.9 Å². The summed E-state index contributed by atoms with van der Waals surface area (Å²) in [5.74, 6) is -1.13. The van der Waals surface area contributed by atoms with E-state index in [1.165, 1.54) is 10.9 Å². The van der Waals surface area contributed by atoms with Crippen molar-refractivity contribution in [3.05, 3.63) is 45.3 Å². The minimum atomic E-state index is -1.10. The summed E-state index contributed by atoms with van der Waals surface area (Å²) in [6, 6.07) is 7.37. The number of aromatic nitrogens is 3. The number of hydrogen-bond acceptors (Lipinski definition) is 4. The summed E-state index contributed by atoms with van der Waals surface area (Å²) >= 11 is 2.19. The highest BCUT2D eigenvalue weighted by atomic mass is 127. The number of amides is 1. The number of nitrogens with zero attached hydrogens (tertiary/aromatic N) is 4. The fourth-order valence-electron chi connectivity index (χ4n) is 2.12. The third-order valence-electron chi connectivity index (χ3n) is 3.34. The lowest BCUT2D eigenvalue weighted by molar-refractivity contribution is 0.0497. The number of halogens is 1. The molecule has 2 aromatic rings. The van der Waals surface area contributed by atoms with Crippen molar-refractivity contribution in [3.8, 4) is 0 Å². The van der Waals surface area contributed by atoms with E-state index in [9.17, 15) is 9.59 Å². The molecule has 0 bridgehead atoms. The average Bonchev–Trinajstić information content (AvgIpc) is 2.87. The van der Waals surface area contributed by atoms with Gasteiger partial charge in [-0.1, -0.05) is 5.21 Å². The molecule has 108 valence electrons. The number of carbonyl (C=O) groups is 2. The van der Waals surface area contributed by atoms with Gasteiger partial charge in [-0.05, 0) is 46.9 Å². The van der Waals surface area contributed by atoms with Crippen molar-refractivity contribution < 1.29 is 14.7 Å². The molecule has 0 unspecified atom stereocenters. The first kappa shape index (κ1) is 14.0. The Morgan fingerprint density at radius 1 is 1.24 bits per heavy atom. The van der Waals surface area contributed by atoms with Crippen LogP contribution in [0.5, 0.6) is 0 Å². The number of benzene rings is 1. The molecule has 1 aliphatic heterocycles. The zero-order valence-electron chi connectivity index (χ0n) is 10.8. The van der Waals surface area contributed by atoms with Gasteiger partial charge in [-0.3, -0.25) is 4.79 Å². The first-order chi connectivity index (χ1) is 10.0. The number of likely N-dealkylation sites (tertiary alicyclic amines) is 1. The standard InChI is InChI=1S/C13H11IN4O3/c14-9-3-1-8(2-4-9)12(19)17-5-10(6-17)18-7-11(13(20)21)15-16-18/h1-4,7,10H,5-6H2,(H,20,21). The molecule has 8 heteroatoms. The Morgan fingerprint density at radius 2 is 1.90 bits per heavy atom. The number of hydrogen-bond donors (Lipinski definition) is 1. The van der Waals surface area contributed by atoms with Gasteiger partial charge in [0.05, 0.1) is 12.2 Å². The van der Waals surface area contributed by atoms with Crippen molar-refractivity contribution in [2.45, 2.75) is 6.04 Å². The lowest BCUT2D eigenvalue weighted by atomic mass is 10.1. The van der Waals surface area contributed by atoms with E-state index in [2.05, 4.69) is 32.9 Å². The average molecular weight is 398 g/mol. The van der Waals surface area contributed by atoms with Gasteiger partial charge in [-0.15, -0.1) is 5.10 Å². The minimum Gasteiger partial charge on any atom is -0.476 e. The predicted octanol–water partition coefficient (Wildman–Crippen LogP) is 1.28. The number of rotatable bonds is 3. The normalized spacial score (nSPS) is 14.8. The maximum absolute atomic E-state index is 12.2. The van der Waals surface area contributed by atoms with Crippen LogP contribution in [0.1, 0.15) is 26.9 Å². The molecule has 0 atom stereocenters. The topological polar surface area (TPSA) is 88.3 Å². The van der Waals surface area contributed by atoms with E-state index in [0.717, 1.165) is 3.57 Å². The molecular weight excluding hydrogens is 387 g/mol. The Balaban J connectivity index is 1.63. The van der Waals surface area contributed by atoms with E-state index in [4.69, 9.17) is 5.11 Å². The first-order valence-corrected chi connectivity index (χ1v) is 7.32. The Labute approximate surface area is 133 Å². The fourth-order valence-corrected chi connectivity index (χ4v) is 2.48. The molecule has 1 aromatic carbocycles. The summed E-state index contributed by atoms with van der Waals surface area (Å²) in [6.07, 6.45) is 1.39. The number of aromatic carboxylic acids is 1. The van der Waals surface area contributed by atoms with Crippen molar-refractivity contribution in [1.29, 1.82) is 0 Å². The van der Waals surface area contributed by atoms with E-state index in [0.29, 0.717) is 18.7 Å². The van der Waals surface area contributed by atoms with Crippen molar-refractivity contribution in [2.75, 3.05) is 13.1 Å². The third-order valence-corrected chi connectivity index (χ3v) is 4.06. The van der Waals surface area contributed by atoms with Gasteiger partial charge in [-0.25, -0.2) is 9.48 Å². The van der Waals surface area contributed by atoms with Crippen LogP contribution in [-0.2, 0) is 0 Å². The number of carbonyl (C=O) groups excluding carboxylic acids is 1. The van der Waals surface area contributed by atoms with Crippen LogP contribution in [0.15, 0.2) is 30.5 Å². The summed E-state index contributed by atoms with van der Waals surface area (Å²) in [4.78, 5) is 24.7. The molecule has 1 fully saturated rings. The monoisotopic (exact) mass is 398 g/mol. The zero-order chi connectivity index (χ0) is 15.0. The molecule has 0 aliphatic carbocycles. The quantitative estimate of drug-likeness (QED) is 0.788. The molecule has 1 aliphatic rings. The second-order valence-corrected chi connectivity index (χ2v) is 6.01. The Bertz CT molecular complexity index is 692. The van der Waals surface area contributed by atoms with Crippen LogP contribution >= 0.6 is 22.6 Å². The minimum absolute atomic E-state index is 0.0154. The molecule has 0 radical (unpaired) electrons. The Kier molecular flexibility index (Phi) is 3.62. The molecule has 0 saturated carbocycles. The van der Waals surface area contributed by atoms with Crippen LogP contribution in [0, 0.1) is 3.57 Å². The second-order valence-electron chi connectivity index (χ2n) is 4.76. The number of carboxylic acids is 1. The van der Waals surface area contributed by atoms with Crippen LogP contribution in [0.3, 0.4) is 0 Å². The van der Waals surface area contributed by atoms with E-state index in [-0.39, 0.29) is 17.6 Å². The molecular formula is C13H11IN4O3. The zero-order valence-corrected chi connectivity index (χ0v) is 13.0. The molecule has 2 heterocycles. The van der Waals surface area contributed by atoms with Gasteiger partial charge in [0.1, 0.15) is 0 Å². The van der Waals surface area contributed by atoms with Crippen molar-refractivity contribution >= 4 is 34.5 Å². The molecule has 3 rings (SSSR count). The number of carboxylic acid groups (broad SMARTS) is 1. The van der Waals surface area contributed by atoms with Gasteiger partial charge in [0.2, 0.25) is 0 Å². The highest BCUT2D eigenvalue weighted by molar-refractivity contribution is 14.1. The molecule has 1 N–H and O–H groups in total. The largest absolute Gasteiger partial charge is 0.476 e. The van der Waals surface area contributed by atoms with Crippen LogP contribution in [0.25, 0.3) is 0 Å². The lowest BCUT2D eigenvalue weighted by Crippen LogP contribution is -2.50. The van der Waals surface area contributed by atoms with Gasteiger partial charge in [0, 0.05) is 22.2 Å². The van der Waals surface area contributed by atoms with Crippen LogP contribution in [0.2, 0.25) is 0 Å². The van der Waals surface area contributed by atoms with E-state index < -0.39 is 5.97 Å². The maximum atomic E-state index is 12.2. The third kappa shape index (κ3) is 2.75. The first-order valence-electron chi connectivity index (χ1n) is 6.24. The highest BCUT2D eigenvalue weighted by Crippen LogP contribution is 2.22. The summed E-state index contributed by atoms with van der Waals surface area (Å²) in [5.41, 5.74) is 0.566. The molecule has 0 spiro atoms. The van der Waals surface area contributed by atoms with Crippen LogP contribution in [-0.4, -0.2) is 50.0 Å². The lowest BCUT2D eigenvalue weighted by Gasteiger charge is -2.38. The smallest absolute Gasteiger partial charge is 0.358 e. The van der Waals surface area contributed by atoms with Crippen LogP contribution in [0.4, 0.5) is 0 Å². The molecule has 1 saturated heterocycles. The molecule has 7 nitrogen and oxygen atoms in total. The van der Waals surface area contributed by atoms with Gasteiger partial charge < -0.3 is 10.0 Å². The van der Waals surface area contributed by atoms with E-state index >= 15 is 0 Å². The van der Waals surface area contributed by atoms with Gasteiger partial charge in [-0.2, -0.15) is 0 Å².